The molecule has 0 fully saturated rings. The number of aromatic amines is 1. The Morgan fingerprint density at radius 3 is 2.89 bits per heavy atom. The predicted molar refractivity (Wildman–Crippen MR) is 85.0 cm³/mol. The molecular formula is C13H9BrN2OS2. The van der Waals surface area contributed by atoms with Crippen molar-refractivity contribution in [3.05, 3.63) is 54.8 Å². The molecule has 0 aliphatic rings. The molecule has 2 heterocycles. The summed E-state index contributed by atoms with van der Waals surface area (Å²) in [5, 5.41) is 1.88. The molecule has 1 aromatic carbocycles. The Hall–Kier alpha value is -1.24. The maximum absolute atomic E-state index is 12.5. The second-order valence-electron chi connectivity index (χ2n) is 4.17. The van der Waals surface area contributed by atoms with Crippen LogP contribution in [0.25, 0.3) is 15.9 Å². The molecule has 0 aliphatic carbocycles. The first-order valence-electron chi connectivity index (χ1n) is 5.57. The second kappa shape index (κ2) is 4.70. The number of hydrogen-bond acceptors (Lipinski definition) is 3. The molecule has 0 saturated heterocycles. The van der Waals surface area contributed by atoms with Crippen LogP contribution in [-0.2, 0) is 0 Å². The van der Waals surface area contributed by atoms with Gasteiger partial charge in [-0.15, -0.1) is 11.3 Å². The number of rotatable bonds is 1. The van der Waals surface area contributed by atoms with Crippen molar-refractivity contribution in [2.45, 2.75) is 6.92 Å². The second-order valence-corrected chi connectivity index (χ2v) is 6.32. The molecule has 0 bridgehead atoms. The van der Waals surface area contributed by atoms with E-state index in [2.05, 4.69) is 20.9 Å². The Morgan fingerprint density at radius 1 is 1.37 bits per heavy atom. The largest absolute Gasteiger partial charge is 0.331 e. The van der Waals surface area contributed by atoms with Crippen LogP contribution in [0, 0.1) is 11.7 Å². The van der Waals surface area contributed by atoms with Crippen molar-refractivity contribution in [3.63, 3.8) is 0 Å². The summed E-state index contributed by atoms with van der Waals surface area (Å²) >= 11 is 10.2. The molecule has 0 radical (unpaired) electrons. The summed E-state index contributed by atoms with van der Waals surface area (Å²) in [7, 11) is 0. The summed E-state index contributed by atoms with van der Waals surface area (Å²) in [5.41, 5.74) is 2.59. The van der Waals surface area contributed by atoms with Gasteiger partial charge >= 0.3 is 0 Å². The van der Waals surface area contributed by atoms with Gasteiger partial charge in [-0.3, -0.25) is 9.36 Å². The van der Waals surface area contributed by atoms with Gasteiger partial charge in [0.2, 0.25) is 0 Å². The average molecular weight is 353 g/mol. The molecule has 0 unspecified atom stereocenters. The minimum Gasteiger partial charge on any atom is -0.331 e. The number of thiophene rings is 1. The maximum atomic E-state index is 12.5. The third kappa shape index (κ3) is 2.09. The van der Waals surface area contributed by atoms with E-state index < -0.39 is 0 Å². The van der Waals surface area contributed by atoms with Crippen molar-refractivity contribution in [3.8, 4) is 5.69 Å². The van der Waals surface area contributed by atoms with E-state index in [1.54, 1.807) is 0 Å². The summed E-state index contributed by atoms with van der Waals surface area (Å²) < 4.78 is 3.58. The third-order valence-electron chi connectivity index (χ3n) is 2.92. The lowest BCUT2D eigenvalue weighted by molar-refractivity contribution is 0.941. The third-order valence-corrected chi connectivity index (χ3v) is 4.96. The number of benzene rings is 1. The van der Waals surface area contributed by atoms with Crippen molar-refractivity contribution in [1.82, 2.24) is 9.55 Å². The van der Waals surface area contributed by atoms with Gasteiger partial charge < -0.3 is 4.98 Å². The van der Waals surface area contributed by atoms with Crippen LogP contribution in [0.15, 0.2) is 38.9 Å². The fraction of sp³-hybridized carbons (Fsp3) is 0.0769. The summed E-state index contributed by atoms with van der Waals surface area (Å²) in [6.45, 7) is 2.00. The molecule has 0 amide bonds. The molecule has 0 spiro atoms. The van der Waals surface area contributed by atoms with Crippen molar-refractivity contribution in [1.29, 1.82) is 0 Å². The van der Waals surface area contributed by atoms with E-state index in [0.717, 1.165) is 21.2 Å². The van der Waals surface area contributed by atoms with Crippen LogP contribution in [0.1, 0.15) is 5.56 Å². The Morgan fingerprint density at radius 2 is 2.16 bits per heavy atom. The Kier molecular flexibility index (Phi) is 3.16. The van der Waals surface area contributed by atoms with E-state index in [-0.39, 0.29) is 5.56 Å². The molecule has 19 heavy (non-hydrogen) atoms. The van der Waals surface area contributed by atoms with Gasteiger partial charge in [0.15, 0.2) is 4.77 Å². The first-order valence-corrected chi connectivity index (χ1v) is 7.65. The van der Waals surface area contributed by atoms with E-state index in [0.29, 0.717) is 9.47 Å². The SMILES string of the molecule is Cc1ccc(-n2c(=S)[nH]c3ccsc3c2=O)cc1Br. The summed E-state index contributed by atoms with van der Waals surface area (Å²) in [5.74, 6) is 0. The number of H-pyrrole nitrogens is 1. The van der Waals surface area contributed by atoms with E-state index in [4.69, 9.17) is 12.2 Å². The molecule has 3 rings (SSSR count). The number of fused-ring (bicyclic) bond motifs is 1. The van der Waals surface area contributed by atoms with Crippen LogP contribution in [0.5, 0.6) is 0 Å². The molecule has 0 saturated carbocycles. The normalized spacial score (nSPS) is 11.1. The van der Waals surface area contributed by atoms with Crippen LogP contribution in [-0.4, -0.2) is 9.55 Å². The van der Waals surface area contributed by atoms with Gasteiger partial charge in [0.05, 0.1) is 11.2 Å². The molecule has 3 nitrogen and oxygen atoms in total. The van der Waals surface area contributed by atoms with Gasteiger partial charge in [-0.2, -0.15) is 0 Å². The van der Waals surface area contributed by atoms with E-state index in [1.165, 1.54) is 15.9 Å². The Bertz CT molecular complexity index is 892. The Balaban J connectivity index is 2.38. The molecular weight excluding hydrogens is 344 g/mol. The highest BCUT2D eigenvalue weighted by Gasteiger charge is 2.09. The van der Waals surface area contributed by atoms with E-state index in [9.17, 15) is 4.79 Å². The molecule has 3 aromatic rings. The van der Waals surface area contributed by atoms with Gasteiger partial charge in [0.25, 0.3) is 5.56 Å². The lowest BCUT2D eigenvalue weighted by atomic mass is 10.2. The van der Waals surface area contributed by atoms with Crippen LogP contribution in [0.4, 0.5) is 0 Å². The lowest BCUT2D eigenvalue weighted by Crippen LogP contribution is -2.19. The van der Waals surface area contributed by atoms with Crippen LogP contribution in [0.2, 0.25) is 0 Å². The minimum absolute atomic E-state index is 0.0792. The zero-order chi connectivity index (χ0) is 13.6. The zero-order valence-corrected chi connectivity index (χ0v) is 13.2. The quantitative estimate of drug-likeness (QED) is 0.667. The molecule has 96 valence electrons. The van der Waals surface area contributed by atoms with Gasteiger partial charge in [0.1, 0.15) is 4.70 Å². The van der Waals surface area contributed by atoms with Gasteiger partial charge in [0, 0.05) is 4.47 Å². The lowest BCUT2D eigenvalue weighted by Gasteiger charge is -2.08. The average Bonchev–Trinajstić information content (AvgIpc) is 2.82. The van der Waals surface area contributed by atoms with Crippen molar-refractivity contribution >= 4 is 49.7 Å². The van der Waals surface area contributed by atoms with Crippen molar-refractivity contribution < 1.29 is 0 Å². The number of aryl methyl sites for hydroxylation is 1. The molecule has 0 atom stereocenters. The smallest absolute Gasteiger partial charge is 0.276 e. The van der Waals surface area contributed by atoms with Gasteiger partial charge in [-0.25, -0.2) is 0 Å². The Labute approximate surface area is 126 Å². The molecule has 6 heteroatoms. The van der Waals surface area contributed by atoms with Crippen LogP contribution >= 0.6 is 39.5 Å². The molecule has 0 aliphatic heterocycles. The maximum Gasteiger partial charge on any atom is 0.276 e. The number of aromatic nitrogens is 2. The van der Waals surface area contributed by atoms with E-state index in [1.807, 2.05) is 36.6 Å². The number of halogens is 1. The highest BCUT2D eigenvalue weighted by molar-refractivity contribution is 9.10. The van der Waals surface area contributed by atoms with Crippen LogP contribution in [0.3, 0.4) is 0 Å². The summed E-state index contributed by atoms with van der Waals surface area (Å²) in [6.07, 6.45) is 0. The number of nitrogens with zero attached hydrogens (tertiary/aromatic N) is 1. The molecule has 1 N–H and O–H groups in total. The summed E-state index contributed by atoms with van der Waals surface area (Å²) in [6, 6.07) is 7.62. The monoisotopic (exact) mass is 352 g/mol. The standard InChI is InChI=1S/C13H9BrN2OS2/c1-7-2-3-8(6-9(7)14)16-12(17)11-10(4-5-19-11)15-13(16)18/h2-6H,1H3,(H,15,18). The minimum atomic E-state index is -0.0792. The first kappa shape index (κ1) is 12.8. The highest BCUT2D eigenvalue weighted by atomic mass is 79.9. The first-order chi connectivity index (χ1) is 9.08. The van der Waals surface area contributed by atoms with Crippen LogP contribution < -0.4 is 5.56 Å². The number of hydrogen-bond donors (Lipinski definition) is 1. The predicted octanol–water partition coefficient (Wildman–Crippen LogP) is 4.18. The van der Waals surface area contributed by atoms with Crippen molar-refractivity contribution in [2.75, 3.05) is 0 Å². The van der Waals surface area contributed by atoms with Crippen molar-refractivity contribution in [2.24, 2.45) is 0 Å². The zero-order valence-electron chi connectivity index (χ0n) is 9.94. The molecule has 2 aromatic heterocycles. The summed E-state index contributed by atoms with van der Waals surface area (Å²) in [4.78, 5) is 15.6. The van der Waals surface area contributed by atoms with E-state index >= 15 is 0 Å². The number of nitrogens with one attached hydrogen (secondary N) is 1. The highest BCUT2D eigenvalue weighted by Crippen LogP contribution is 2.21. The topological polar surface area (TPSA) is 37.8 Å². The fourth-order valence-corrected chi connectivity index (χ4v) is 3.34. The van der Waals surface area contributed by atoms with Gasteiger partial charge in [-0.05, 0) is 48.3 Å². The van der Waals surface area contributed by atoms with Gasteiger partial charge in [-0.1, -0.05) is 22.0 Å². The fourth-order valence-electron chi connectivity index (χ4n) is 1.89.